The van der Waals surface area contributed by atoms with Crippen LogP contribution in [0.4, 0.5) is 0 Å². The van der Waals surface area contributed by atoms with E-state index in [4.69, 9.17) is 24.4 Å². The van der Waals surface area contributed by atoms with Crippen molar-refractivity contribution in [3.8, 4) is 56.7 Å². The van der Waals surface area contributed by atoms with Crippen LogP contribution in [0.3, 0.4) is 0 Å². The summed E-state index contributed by atoms with van der Waals surface area (Å²) in [6.45, 7) is 0. The van der Waals surface area contributed by atoms with Crippen LogP contribution < -0.4 is 0 Å². The van der Waals surface area contributed by atoms with Crippen molar-refractivity contribution in [1.82, 2.24) is 19.9 Å². The summed E-state index contributed by atoms with van der Waals surface area (Å²) in [6.07, 6.45) is 0. The zero-order valence-electron chi connectivity index (χ0n) is 27.4. The van der Waals surface area contributed by atoms with Gasteiger partial charge in [-0.15, -0.1) is 0 Å². The second-order valence-corrected chi connectivity index (χ2v) is 12.7. The van der Waals surface area contributed by atoms with Crippen molar-refractivity contribution < 1.29 is 4.42 Å². The van der Waals surface area contributed by atoms with Gasteiger partial charge in [0.1, 0.15) is 5.52 Å². The van der Waals surface area contributed by atoms with Crippen molar-refractivity contribution in [2.24, 2.45) is 0 Å². The van der Waals surface area contributed by atoms with E-state index < -0.39 is 0 Å². The molecule has 0 radical (unpaired) electrons. The Morgan fingerprint density at radius 1 is 0.294 bits per heavy atom. The fourth-order valence-electron chi connectivity index (χ4n) is 7.02. The zero-order chi connectivity index (χ0) is 33.7. The van der Waals surface area contributed by atoms with E-state index in [2.05, 4.69) is 91.0 Å². The minimum absolute atomic E-state index is 0.565. The Hall–Kier alpha value is -6.98. The standard InChI is InChI=1S/C46H28N4O/c1-3-11-30(12-4-1)43-48-44(31-13-5-2-6-14-31)50-45(49-43)34-24-26-41-42(28-34)51-46(47-41)32-21-19-29(20-22-32)33-23-25-39-37-17-8-7-15-35(37)36-16-9-10-18-38(36)40(39)27-33/h1-28H. The normalized spacial score (nSPS) is 11.5. The van der Waals surface area contributed by atoms with Crippen LogP contribution in [0.5, 0.6) is 0 Å². The lowest BCUT2D eigenvalue weighted by Crippen LogP contribution is -2.00. The molecule has 10 rings (SSSR count). The quantitative estimate of drug-likeness (QED) is 0.173. The van der Waals surface area contributed by atoms with E-state index in [0.29, 0.717) is 28.9 Å². The summed E-state index contributed by atoms with van der Waals surface area (Å²) < 4.78 is 6.36. The molecule has 5 nitrogen and oxygen atoms in total. The molecule has 10 aromatic rings. The van der Waals surface area contributed by atoms with Gasteiger partial charge in [-0.3, -0.25) is 0 Å². The molecule has 0 aliphatic rings. The summed E-state index contributed by atoms with van der Waals surface area (Å²) in [7, 11) is 0. The van der Waals surface area contributed by atoms with Crippen LogP contribution in [-0.2, 0) is 0 Å². The monoisotopic (exact) mass is 652 g/mol. The van der Waals surface area contributed by atoms with Crippen molar-refractivity contribution in [2.45, 2.75) is 0 Å². The van der Waals surface area contributed by atoms with Crippen LogP contribution in [0.25, 0.3) is 100 Å². The van der Waals surface area contributed by atoms with Crippen LogP contribution in [0.1, 0.15) is 0 Å². The van der Waals surface area contributed by atoms with Gasteiger partial charge in [-0.2, -0.15) is 0 Å². The van der Waals surface area contributed by atoms with Gasteiger partial charge in [0.15, 0.2) is 23.1 Å². The van der Waals surface area contributed by atoms with Crippen molar-refractivity contribution in [1.29, 1.82) is 0 Å². The van der Waals surface area contributed by atoms with Gasteiger partial charge in [-0.05, 0) is 79.8 Å². The highest BCUT2D eigenvalue weighted by Crippen LogP contribution is 2.38. The van der Waals surface area contributed by atoms with Gasteiger partial charge in [-0.1, -0.05) is 133 Å². The molecule has 0 fully saturated rings. The highest BCUT2D eigenvalue weighted by molar-refractivity contribution is 6.25. The fourth-order valence-corrected chi connectivity index (χ4v) is 7.02. The molecular weight excluding hydrogens is 625 g/mol. The van der Waals surface area contributed by atoms with Crippen molar-refractivity contribution >= 4 is 43.4 Å². The predicted molar refractivity (Wildman–Crippen MR) is 207 cm³/mol. The molecular formula is C46H28N4O. The molecule has 0 atom stereocenters. The molecule has 0 aliphatic heterocycles. The lowest BCUT2D eigenvalue weighted by molar-refractivity contribution is 0.620. The largest absolute Gasteiger partial charge is 0.436 e. The van der Waals surface area contributed by atoms with E-state index in [1.165, 1.54) is 37.9 Å². The van der Waals surface area contributed by atoms with Crippen LogP contribution >= 0.6 is 0 Å². The molecule has 2 heterocycles. The van der Waals surface area contributed by atoms with Crippen molar-refractivity contribution in [3.05, 3.63) is 170 Å². The Bertz CT molecular complexity index is 2810. The molecule has 0 unspecified atom stereocenters. The lowest BCUT2D eigenvalue weighted by atomic mass is 9.92. The maximum atomic E-state index is 6.36. The number of oxazole rings is 1. The first kappa shape index (κ1) is 29.0. The molecule has 0 bridgehead atoms. The predicted octanol–water partition coefficient (Wildman–Crippen LogP) is 11.8. The van der Waals surface area contributed by atoms with Gasteiger partial charge >= 0.3 is 0 Å². The number of rotatable bonds is 5. The Labute approximate surface area is 293 Å². The minimum atomic E-state index is 0.565. The molecule has 0 spiro atoms. The third kappa shape index (κ3) is 5.11. The van der Waals surface area contributed by atoms with Gasteiger partial charge in [0.25, 0.3) is 0 Å². The van der Waals surface area contributed by atoms with Crippen LogP contribution in [-0.4, -0.2) is 19.9 Å². The van der Waals surface area contributed by atoms with Crippen LogP contribution in [0.15, 0.2) is 174 Å². The number of hydrogen-bond acceptors (Lipinski definition) is 5. The van der Waals surface area contributed by atoms with Gasteiger partial charge in [0, 0.05) is 22.3 Å². The topological polar surface area (TPSA) is 64.7 Å². The molecule has 0 saturated carbocycles. The number of nitrogens with zero attached hydrogens (tertiary/aromatic N) is 4. The van der Waals surface area contributed by atoms with E-state index >= 15 is 0 Å². The Morgan fingerprint density at radius 3 is 1.33 bits per heavy atom. The SMILES string of the molecule is c1ccc(-c2nc(-c3ccccc3)nc(-c3ccc4nc(-c5ccc(-c6ccc7c8ccccc8c8ccccc8c7c6)cc5)oc4c3)n2)cc1. The van der Waals surface area contributed by atoms with Gasteiger partial charge in [0.2, 0.25) is 5.89 Å². The molecule has 2 aromatic heterocycles. The van der Waals surface area contributed by atoms with E-state index in [0.717, 1.165) is 33.3 Å². The molecule has 238 valence electrons. The van der Waals surface area contributed by atoms with E-state index in [9.17, 15) is 0 Å². The summed E-state index contributed by atoms with van der Waals surface area (Å²) in [6, 6.07) is 58.4. The Morgan fingerprint density at radius 2 is 0.745 bits per heavy atom. The Balaban J connectivity index is 1.00. The zero-order valence-corrected chi connectivity index (χ0v) is 27.4. The third-order valence-corrected chi connectivity index (χ3v) is 9.56. The summed E-state index contributed by atoms with van der Waals surface area (Å²) >= 11 is 0. The average Bonchev–Trinajstić information content (AvgIpc) is 3.65. The highest BCUT2D eigenvalue weighted by atomic mass is 16.3. The maximum absolute atomic E-state index is 6.36. The van der Waals surface area contributed by atoms with Gasteiger partial charge in [-0.25, -0.2) is 19.9 Å². The number of aromatic nitrogens is 4. The molecule has 5 heteroatoms. The number of fused-ring (bicyclic) bond motifs is 7. The summed E-state index contributed by atoms with van der Waals surface area (Å²) in [5, 5.41) is 7.61. The van der Waals surface area contributed by atoms with Crippen molar-refractivity contribution in [3.63, 3.8) is 0 Å². The van der Waals surface area contributed by atoms with Crippen LogP contribution in [0.2, 0.25) is 0 Å². The lowest BCUT2D eigenvalue weighted by Gasteiger charge is -2.12. The van der Waals surface area contributed by atoms with E-state index in [-0.39, 0.29) is 0 Å². The second kappa shape index (κ2) is 11.9. The molecule has 51 heavy (non-hydrogen) atoms. The summed E-state index contributed by atoms with van der Waals surface area (Å²) in [5.41, 5.74) is 7.33. The third-order valence-electron chi connectivity index (χ3n) is 9.56. The smallest absolute Gasteiger partial charge is 0.227 e. The first-order valence-electron chi connectivity index (χ1n) is 17.0. The van der Waals surface area contributed by atoms with Gasteiger partial charge in [0.05, 0.1) is 0 Å². The average molecular weight is 653 g/mol. The fraction of sp³-hybridized carbons (Fsp3) is 0. The maximum Gasteiger partial charge on any atom is 0.227 e. The second-order valence-electron chi connectivity index (χ2n) is 12.7. The molecule has 0 amide bonds. The molecule has 0 saturated heterocycles. The first-order chi connectivity index (χ1) is 25.2. The summed E-state index contributed by atoms with van der Waals surface area (Å²) in [4.78, 5) is 19.4. The first-order valence-corrected chi connectivity index (χ1v) is 17.0. The Kier molecular flexibility index (Phi) is 6.74. The highest BCUT2D eigenvalue weighted by Gasteiger charge is 2.16. The number of hydrogen-bond donors (Lipinski definition) is 0. The van der Waals surface area contributed by atoms with E-state index in [1.54, 1.807) is 0 Å². The number of benzene rings is 8. The minimum Gasteiger partial charge on any atom is -0.436 e. The van der Waals surface area contributed by atoms with Crippen molar-refractivity contribution in [2.75, 3.05) is 0 Å². The molecule has 0 N–H and O–H groups in total. The summed E-state index contributed by atoms with van der Waals surface area (Å²) in [5.74, 6) is 2.37. The molecule has 8 aromatic carbocycles. The van der Waals surface area contributed by atoms with Crippen LogP contribution in [0, 0.1) is 0 Å². The molecule has 0 aliphatic carbocycles. The van der Waals surface area contributed by atoms with E-state index in [1.807, 2.05) is 78.9 Å². The van der Waals surface area contributed by atoms with Gasteiger partial charge < -0.3 is 4.42 Å².